The van der Waals surface area contributed by atoms with E-state index in [4.69, 9.17) is 9.88 Å². The Bertz CT molecular complexity index is 942. The molecule has 150 valence electrons. The fourth-order valence-corrected chi connectivity index (χ4v) is 3.56. The molecule has 0 aliphatic carbocycles. The van der Waals surface area contributed by atoms with Gasteiger partial charge in [0.25, 0.3) is 5.91 Å². The molecule has 0 atom stereocenters. The van der Waals surface area contributed by atoms with Crippen molar-refractivity contribution in [2.75, 3.05) is 37.7 Å². The van der Waals surface area contributed by atoms with Gasteiger partial charge in [0.1, 0.15) is 5.82 Å². The zero-order valence-electron chi connectivity index (χ0n) is 15.2. The highest BCUT2D eigenvalue weighted by molar-refractivity contribution is 7.89. The lowest BCUT2D eigenvalue weighted by Crippen LogP contribution is -2.38. The van der Waals surface area contributed by atoms with Gasteiger partial charge >= 0.3 is 0 Å². The van der Waals surface area contributed by atoms with E-state index in [1.54, 1.807) is 18.2 Å². The molecule has 1 heterocycles. The molecule has 1 aliphatic rings. The highest BCUT2D eigenvalue weighted by Gasteiger charge is 2.21. The Morgan fingerprint density at radius 2 is 1.82 bits per heavy atom. The summed E-state index contributed by atoms with van der Waals surface area (Å²) < 4.78 is 41.7. The van der Waals surface area contributed by atoms with Crippen molar-refractivity contribution in [2.24, 2.45) is 5.14 Å². The van der Waals surface area contributed by atoms with E-state index in [1.165, 1.54) is 24.3 Å². The fourth-order valence-electron chi connectivity index (χ4n) is 3.02. The van der Waals surface area contributed by atoms with Gasteiger partial charge in [0.05, 0.1) is 23.7 Å². The molecule has 0 saturated carbocycles. The summed E-state index contributed by atoms with van der Waals surface area (Å²) in [6.07, 6.45) is 0.522. The largest absolute Gasteiger partial charge is 0.378 e. The molecule has 3 N–H and O–H groups in total. The first kappa shape index (κ1) is 20.2. The van der Waals surface area contributed by atoms with Gasteiger partial charge in [-0.1, -0.05) is 12.1 Å². The molecule has 1 aliphatic heterocycles. The average molecular weight is 407 g/mol. The molecule has 3 rings (SSSR count). The number of primary sulfonamides is 1. The van der Waals surface area contributed by atoms with E-state index in [9.17, 15) is 17.6 Å². The predicted octanol–water partition coefficient (Wildman–Crippen LogP) is 1.28. The average Bonchev–Trinajstić information content (AvgIpc) is 2.69. The summed E-state index contributed by atoms with van der Waals surface area (Å²) in [6.45, 7) is 2.59. The number of halogens is 1. The third-order valence-corrected chi connectivity index (χ3v) is 5.42. The SMILES string of the molecule is NS(=O)(=O)c1ccc(N2CCOCC2)c(C(=O)NCCc2ccc(F)cc2)c1. The van der Waals surface area contributed by atoms with E-state index in [0.717, 1.165) is 5.56 Å². The van der Waals surface area contributed by atoms with Crippen LogP contribution in [0.1, 0.15) is 15.9 Å². The van der Waals surface area contributed by atoms with Crippen LogP contribution in [0.25, 0.3) is 0 Å². The summed E-state index contributed by atoms with van der Waals surface area (Å²) in [5, 5.41) is 8.01. The quantitative estimate of drug-likeness (QED) is 0.751. The number of nitrogens with two attached hydrogens (primary N) is 1. The minimum absolute atomic E-state index is 0.117. The van der Waals surface area contributed by atoms with Crippen molar-refractivity contribution >= 4 is 21.6 Å². The van der Waals surface area contributed by atoms with Crippen LogP contribution >= 0.6 is 0 Å². The monoisotopic (exact) mass is 407 g/mol. The van der Waals surface area contributed by atoms with E-state index >= 15 is 0 Å². The third-order valence-electron chi connectivity index (χ3n) is 4.51. The minimum atomic E-state index is -3.93. The number of nitrogens with zero attached hydrogens (tertiary/aromatic N) is 1. The molecule has 1 saturated heterocycles. The molecule has 1 fully saturated rings. The molecular weight excluding hydrogens is 385 g/mol. The summed E-state index contributed by atoms with van der Waals surface area (Å²) in [7, 11) is -3.93. The molecule has 9 heteroatoms. The van der Waals surface area contributed by atoms with Gasteiger partial charge in [-0.05, 0) is 42.3 Å². The second-order valence-electron chi connectivity index (χ2n) is 6.46. The van der Waals surface area contributed by atoms with Crippen LogP contribution in [-0.2, 0) is 21.2 Å². The van der Waals surface area contributed by atoms with Crippen molar-refractivity contribution in [1.29, 1.82) is 0 Å². The van der Waals surface area contributed by atoms with E-state index < -0.39 is 15.9 Å². The lowest BCUT2D eigenvalue weighted by Gasteiger charge is -2.30. The maximum absolute atomic E-state index is 13.0. The number of ether oxygens (including phenoxy) is 1. The van der Waals surface area contributed by atoms with Crippen LogP contribution in [0.5, 0.6) is 0 Å². The van der Waals surface area contributed by atoms with Gasteiger partial charge in [-0.2, -0.15) is 0 Å². The number of nitrogens with one attached hydrogen (secondary N) is 1. The Morgan fingerprint density at radius 3 is 2.46 bits per heavy atom. The molecule has 0 spiro atoms. The van der Waals surface area contributed by atoms with Crippen LogP contribution < -0.4 is 15.4 Å². The Hall–Kier alpha value is -2.49. The minimum Gasteiger partial charge on any atom is -0.378 e. The lowest BCUT2D eigenvalue weighted by molar-refractivity contribution is 0.0952. The molecule has 2 aromatic rings. The number of amides is 1. The van der Waals surface area contributed by atoms with Crippen LogP contribution in [0.15, 0.2) is 47.4 Å². The Labute approximate surface area is 163 Å². The molecular formula is C19H22FN3O4S. The molecule has 7 nitrogen and oxygen atoms in total. The number of hydrogen-bond acceptors (Lipinski definition) is 5. The number of rotatable bonds is 6. The van der Waals surface area contributed by atoms with Crippen LogP contribution in [-0.4, -0.2) is 47.2 Å². The number of morpholine rings is 1. The van der Waals surface area contributed by atoms with Gasteiger partial charge in [-0.3, -0.25) is 4.79 Å². The maximum atomic E-state index is 13.0. The van der Waals surface area contributed by atoms with Gasteiger partial charge in [0.15, 0.2) is 0 Å². The highest BCUT2D eigenvalue weighted by atomic mass is 32.2. The molecule has 28 heavy (non-hydrogen) atoms. The summed E-state index contributed by atoms with van der Waals surface area (Å²) in [6, 6.07) is 10.3. The van der Waals surface area contributed by atoms with E-state index in [-0.39, 0.29) is 16.3 Å². The Morgan fingerprint density at radius 1 is 1.14 bits per heavy atom. The summed E-state index contributed by atoms with van der Waals surface area (Å²) >= 11 is 0. The Kier molecular flexibility index (Phi) is 6.28. The number of carbonyl (C=O) groups excluding carboxylic acids is 1. The van der Waals surface area contributed by atoms with Crippen molar-refractivity contribution < 1.29 is 22.3 Å². The van der Waals surface area contributed by atoms with Crippen molar-refractivity contribution in [1.82, 2.24) is 5.32 Å². The molecule has 0 aromatic heterocycles. The smallest absolute Gasteiger partial charge is 0.253 e. The second-order valence-corrected chi connectivity index (χ2v) is 8.02. The summed E-state index contributed by atoms with van der Waals surface area (Å²) in [5.41, 5.74) is 1.76. The topological polar surface area (TPSA) is 102 Å². The molecule has 0 unspecified atom stereocenters. The summed E-state index contributed by atoms with van der Waals surface area (Å²) in [5.74, 6) is -0.711. The standard InChI is InChI=1S/C19H22FN3O4S/c20-15-3-1-14(2-4-15)7-8-22-19(24)17-13-16(28(21,25)26)5-6-18(17)23-9-11-27-12-10-23/h1-6,13H,7-12H2,(H,22,24)(H2,21,25,26). The van der Waals surface area contributed by atoms with Crippen molar-refractivity contribution in [3.05, 3.63) is 59.4 Å². The summed E-state index contributed by atoms with van der Waals surface area (Å²) in [4.78, 5) is 14.6. The van der Waals surface area contributed by atoms with Crippen molar-refractivity contribution in [3.8, 4) is 0 Å². The van der Waals surface area contributed by atoms with Crippen molar-refractivity contribution in [3.63, 3.8) is 0 Å². The van der Waals surface area contributed by atoms with Gasteiger partial charge in [0.2, 0.25) is 10.0 Å². The number of anilines is 1. The van der Waals surface area contributed by atoms with Crippen LogP contribution in [0.4, 0.5) is 10.1 Å². The van der Waals surface area contributed by atoms with Crippen LogP contribution in [0, 0.1) is 5.82 Å². The first-order chi connectivity index (χ1) is 13.3. The zero-order valence-corrected chi connectivity index (χ0v) is 16.0. The maximum Gasteiger partial charge on any atom is 0.253 e. The van der Waals surface area contributed by atoms with E-state index in [1.807, 2.05) is 4.90 Å². The normalized spacial score (nSPS) is 14.7. The Balaban J connectivity index is 1.78. The lowest BCUT2D eigenvalue weighted by atomic mass is 10.1. The third kappa shape index (κ3) is 5.06. The second kappa shape index (κ2) is 8.68. The number of hydrogen-bond donors (Lipinski definition) is 2. The van der Waals surface area contributed by atoms with Gasteiger partial charge in [0, 0.05) is 25.3 Å². The van der Waals surface area contributed by atoms with E-state index in [0.29, 0.717) is 45.0 Å². The number of carbonyl (C=O) groups is 1. The van der Waals surface area contributed by atoms with Crippen molar-refractivity contribution in [2.45, 2.75) is 11.3 Å². The molecule has 1 amide bonds. The number of benzene rings is 2. The predicted molar refractivity (Wildman–Crippen MR) is 103 cm³/mol. The van der Waals surface area contributed by atoms with E-state index in [2.05, 4.69) is 5.32 Å². The highest BCUT2D eigenvalue weighted by Crippen LogP contribution is 2.25. The molecule has 0 radical (unpaired) electrons. The van der Waals surface area contributed by atoms with Crippen LogP contribution in [0.3, 0.4) is 0 Å². The number of sulfonamides is 1. The van der Waals surface area contributed by atoms with Gasteiger partial charge in [-0.15, -0.1) is 0 Å². The first-order valence-electron chi connectivity index (χ1n) is 8.87. The van der Waals surface area contributed by atoms with Gasteiger partial charge in [-0.25, -0.2) is 17.9 Å². The molecule has 2 aromatic carbocycles. The zero-order chi connectivity index (χ0) is 20.1. The fraction of sp³-hybridized carbons (Fsp3) is 0.316. The van der Waals surface area contributed by atoms with Gasteiger partial charge < -0.3 is 15.0 Å². The first-order valence-corrected chi connectivity index (χ1v) is 10.4. The molecule has 0 bridgehead atoms. The van der Waals surface area contributed by atoms with Crippen LogP contribution in [0.2, 0.25) is 0 Å².